The Labute approximate surface area is 85.5 Å². The summed E-state index contributed by atoms with van der Waals surface area (Å²) in [6.07, 6.45) is 0. The predicted octanol–water partition coefficient (Wildman–Crippen LogP) is 1.73. The molecular weight excluding hydrogens is 172 g/mol. The molecule has 1 heterocycles. The first kappa shape index (κ1) is 9.25. The van der Waals surface area contributed by atoms with Crippen molar-refractivity contribution in [2.75, 3.05) is 20.6 Å². The van der Waals surface area contributed by atoms with Gasteiger partial charge in [0.25, 0.3) is 0 Å². The highest BCUT2D eigenvalue weighted by atomic mass is 15.6. The van der Waals surface area contributed by atoms with E-state index in [-0.39, 0.29) is 0 Å². The molecule has 2 heteroatoms. The summed E-state index contributed by atoms with van der Waals surface area (Å²) in [4.78, 5) is 0. The molecule has 1 atom stereocenters. The molecule has 0 aromatic heterocycles. The van der Waals surface area contributed by atoms with Crippen LogP contribution in [-0.2, 0) is 0 Å². The molecule has 0 amide bonds. The molecule has 0 N–H and O–H groups in total. The number of nitrogens with zero attached hydrogens (tertiary/aromatic N) is 2. The van der Waals surface area contributed by atoms with Gasteiger partial charge in [0.1, 0.15) is 0 Å². The lowest BCUT2D eigenvalue weighted by Crippen LogP contribution is -2.24. The lowest BCUT2D eigenvalue weighted by Gasteiger charge is -2.07. The molecule has 0 bridgehead atoms. The Morgan fingerprint density at radius 3 is 2.43 bits per heavy atom. The van der Waals surface area contributed by atoms with Crippen LogP contribution in [0.5, 0.6) is 0 Å². The van der Waals surface area contributed by atoms with Gasteiger partial charge in [-0.05, 0) is 5.56 Å². The molecule has 14 heavy (non-hydrogen) atoms. The minimum Gasteiger partial charge on any atom is -0.188 e. The molecule has 0 spiro atoms. The highest BCUT2D eigenvalue weighted by molar-refractivity contribution is 5.85. The molecule has 0 saturated heterocycles. The minimum atomic E-state index is 0.561. The van der Waals surface area contributed by atoms with E-state index in [0.717, 1.165) is 6.54 Å². The van der Waals surface area contributed by atoms with Crippen LogP contribution in [0.1, 0.15) is 18.4 Å². The van der Waals surface area contributed by atoms with Crippen molar-refractivity contribution in [3.05, 3.63) is 35.9 Å². The third kappa shape index (κ3) is 1.41. The normalized spacial score (nSPS) is 21.9. The van der Waals surface area contributed by atoms with Crippen molar-refractivity contribution in [1.29, 1.82) is 0 Å². The molecule has 0 fully saturated rings. The van der Waals surface area contributed by atoms with Crippen LogP contribution in [-0.4, -0.2) is 36.0 Å². The summed E-state index contributed by atoms with van der Waals surface area (Å²) >= 11 is 0. The summed E-state index contributed by atoms with van der Waals surface area (Å²) in [5, 5.41) is 2.26. The zero-order valence-electron chi connectivity index (χ0n) is 9.07. The Balaban J connectivity index is 2.32. The maximum absolute atomic E-state index is 2.26. The molecule has 1 aromatic carbocycles. The van der Waals surface area contributed by atoms with Crippen molar-refractivity contribution >= 4 is 5.71 Å². The van der Waals surface area contributed by atoms with Gasteiger partial charge in [0.2, 0.25) is 0 Å². The van der Waals surface area contributed by atoms with Crippen LogP contribution in [0.25, 0.3) is 0 Å². The highest BCUT2D eigenvalue weighted by Crippen LogP contribution is 2.22. The lowest BCUT2D eigenvalue weighted by atomic mass is 9.96. The molecule has 1 aliphatic heterocycles. The Morgan fingerprint density at radius 2 is 1.93 bits per heavy atom. The average Bonchev–Trinajstić information content (AvgIpc) is 2.47. The molecule has 1 aromatic rings. The Morgan fingerprint density at radius 1 is 1.29 bits per heavy atom. The third-order valence-electron chi connectivity index (χ3n) is 3.18. The van der Waals surface area contributed by atoms with Crippen molar-refractivity contribution in [2.45, 2.75) is 12.8 Å². The van der Waals surface area contributed by atoms with E-state index in [2.05, 4.69) is 61.0 Å². The van der Waals surface area contributed by atoms with Crippen molar-refractivity contribution in [2.24, 2.45) is 0 Å². The van der Waals surface area contributed by atoms with Gasteiger partial charge in [-0.15, -0.1) is 4.68 Å². The first-order valence-corrected chi connectivity index (χ1v) is 5.03. The van der Waals surface area contributed by atoms with Crippen LogP contribution in [0.3, 0.4) is 0 Å². The fourth-order valence-electron chi connectivity index (χ4n) is 2.05. The summed E-state index contributed by atoms with van der Waals surface area (Å²) in [6, 6.07) is 10.7. The predicted molar refractivity (Wildman–Crippen MR) is 58.7 cm³/mol. The van der Waals surface area contributed by atoms with Gasteiger partial charge in [-0.1, -0.05) is 30.3 Å². The Hall–Kier alpha value is -1.31. The van der Waals surface area contributed by atoms with E-state index in [1.807, 2.05) is 0 Å². The molecule has 2 nitrogen and oxygen atoms in total. The first-order chi connectivity index (χ1) is 6.70. The van der Waals surface area contributed by atoms with Crippen molar-refractivity contribution in [3.8, 4) is 0 Å². The second kappa shape index (κ2) is 3.45. The number of rotatable bonds is 1. The van der Waals surface area contributed by atoms with Crippen LogP contribution in [0.2, 0.25) is 0 Å². The standard InChI is InChI=1S/C12H17N2/c1-10-12(9-13(2)14(10)3)11-7-5-4-6-8-11/h4-8,12H,9H2,1-3H3/q+1. The summed E-state index contributed by atoms with van der Waals surface area (Å²) in [5.41, 5.74) is 2.85. The van der Waals surface area contributed by atoms with E-state index >= 15 is 0 Å². The number of hydrazone groups is 1. The van der Waals surface area contributed by atoms with Gasteiger partial charge in [-0.2, -0.15) is 5.01 Å². The van der Waals surface area contributed by atoms with Gasteiger partial charge in [0.15, 0.2) is 12.8 Å². The number of benzene rings is 1. The fourth-order valence-corrected chi connectivity index (χ4v) is 2.05. The molecule has 1 aliphatic rings. The topological polar surface area (TPSA) is 6.25 Å². The number of hydrazine groups is 1. The van der Waals surface area contributed by atoms with Crippen LogP contribution in [0.4, 0.5) is 0 Å². The van der Waals surface area contributed by atoms with Gasteiger partial charge in [0.05, 0.1) is 19.5 Å². The van der Waals surface area contributed by atoms with Gasteiger partial charge in [0, 0.05) is 6.92 Å². The minimum absolute atomic E-state index is 0.561. The molecule has 0 saturated carbocycles. The highest BCUT2D eigenvalue weighted by Gasteiger charge is 2.32. The van der Waals surface area contributed by atoms with E-state index in [1.165, 1.54) is 11.3 Å². The van der Waals surface area contributed by atoms with Crippen LogP contribution < -0.4 is 0 Å². The second-order valence-electron chi connectivity index (χ2n) is 3.97. The summed E-state index contributed by atoms with van der Waals surface area (Å²) in [7, 11) is 4.25. The van der Waals surface area contributed by atoms with E-state index < -0.39 is 0 Å². The van der Waals surface area contributed by atoms with Crippen molar-refractivity contribution in [1.82, 2.24) is 5.01 Å². The van der Waals surface area contributed by atoms with Crippen molar-refractivity contribution in [3.63, 3.8) is 0 Å². The van der Waals surface area contributed by atoms with Gasteiger partial charge < -0.3 is 0 Å². The molecular formula is C12H17N2+. The smallest absolute Gasteiger partial charge is 0.188 e. The van der Waals surface area contributed by atoms with E-state index in [9.17, 15) is 0 Å². The lowest BCUT2D eigenvalue weighted by molar-refractivity contribution is -0.652. The van der Waals surface area contributed by atoms with Crippen LogP contribution in [0, 0.1) is 0 Å². The summed E-state index contributed by atoms with van der Waals surface area (Å²) in [5.74, 6) is 0.561. The molecule has 0 radical (unpaired) electrons. The largest absolute Gasteiger partial charge is 0.188 e. The monoisotopic (exact) mass is 189 g/mol. The first-order valence-electron chi connectivity index (χ1n) is 5.03. The SMILES string of the molecule is CC1=[N+](C)N(C)CC1c1ccccc1. The summed E-state index contributed by atoms with van der Waals surface area (Å²) in [6.45, 7) is 3.30. The zero-order valence-corrected chi connectivity index (χ0v) is 9.07. The van der Waals surface area contributed by atoms with E-state index in [1.54, 1.807) is 0 Å². The Bertz CT molecular complexity index is 354. The van der Waals surface area contributed by atoms with Gasteiger partial charge in [-0.25, -0.2) is 0 Å². The fraction of sp³-hybridized carbons (Fsp3) is 0.417. The van der Waals surface area contributed by atoms with Gasteiger partial charge >= 0.3 is 0 Å². The second-order valence-corrected chi connectivity index (χ2v) is 3.97. The van der Waals surface area contributed by atoms with Gasteiger partial charge in [-0.3, -0.25) is 0 Å². The average molecular weight is 189 g/mol. The third-order valence-corrected chi connectivity index (χ3v) is 3.18. The molecule has 2 rings (SSSR count). The maximum Gasteiger partial charge on any atom is 0.188 e. The number of hydrogen-bond acceptors (Lipinski definition) is 1. The number of likely N-dealkylation sites (N-methyl/N-ethyl adjacent to an activating group) is 1. The Kier molecular flexibility index (Phi) is 2.28. The van der Waals surface area contributed by atoms with E-state index in [0.29, 0.717) is 5.92 Å². The van der Waals surface area contributed by atoms with Crippen LogP contribution in [0.15, 0.2) is 30.3 Å². The molecule has 1 unspecified atom stereocenters. The quantitative estimate of drug-likeness (QED) is 0.610. The van der Waals surface area contributed by atoms with Crippen molar-refractivity contribution < 1.29 is 4.68 Å². The maximum atomic E-state index is 2.26. The van der Waals surface area contributed by atoms with Crippen LogP contribution >= 0.6 is 0 Å². The molecule has 0 aliphatic carbocycles. The van der Waals surface area contributed by atoms with E-state index in [4.69, 9.17) is 0 Å². The zero-order chi connectivity index (χ0) is 10.1. The number of hydrogen-bond donors (Lipinski definition) is 0. The molecule has 74 valence electrons. The summed E-state index contributed by atoms with van der Waals surface area (Å²) < 4.78 is 2.23.